The van der Waals surface area contributed by atoms with E-state index in [9.17, 15) is 14.0 Å². The van der Waals surface area contributed by atoms with Crippen LogP contribution in [0.4, 0.5) is 4.39 Å². The van der Waals surface area contributed by atoms with Gasteiger partial charge in [-0.2, -0.15) is 0 Å². The second kappa shape index (κ2) is 6.99. The van der Waals surface area contributed by atoms with Crippen molar-refractivity contribution in [3.8, 4) is 0 Å². The Morgan fingerprint density at radius 1 is 1.33 bits per heavy atom. The minimum absolute atomic E-state index is 0.0829. The second-order valence-electron chi connectivity index (χ2n) is 4.21. The molecule has 2 aromatic rings. The molecular formula is C15H18FNO4. The minimum atomic E-state index is -1.35. The first kappa shape index (κ1) is 16.8. The lowest BCUT2D eigenvalue weighted by molar-refractivity contribution is 0.0694. The van der Waals surface area contributed by atoms with E-state index in [2.05, 4.69) is 0 Å². The van der Waals surface area contributed by atoms with E-state index in [4.69, 9.17) is 10.2 Å². The van der Waals surface area contributed by atoms with Crippen molar-refractivity contribution in [2.75, 3.05) is 6.61 Å². The van der Waals surface area contributed by atoms with Crippen molar-refractivity contribution in [1.82, 2.24) is 4.57 Å². The van der Waals surface area contributed by atoms with Crippen LogP contribution in [0.2, 0.25) is 0 Å². The van der Waals surface area contributed by atoms with Crippen LogP contribution in [-0.4, -0.2) is 27.4 Å². The topological polar surface area (TPSA) is 79.5 Å². The van der Waals surface area contributed by atoms with Crippen molar-refractivity contribution < 1.29 is 19.4 Å². The number of benzene rings is 1. The maximum atomic E-state index is 13.6. The summed E-state index contributed by atoms with van der Waals surface area (Å²) < 4.78 is 14.9. The molecule has 0 aliphatic carbocycles. The fraction of sp³-hybridized carbons (Fsp3) is 0.333. The highest BCUT2D eigenvalue weighted by Gasteiger charge is 2.15. The lowest BCUT2D eigenvalue weighted by Gasteiger charge is -2.11. The third-order valence-electron chi connectivity index (χ3n) is 2.93. The maximum absolute atomic E-state index is 13.6. The van der Waals surface area contributed by atoms with Crippen LogP contribution < -0.4 is 5.43 Å². The van der Waals surface area contributed by atoms with E-state index in [-0.39, 0.29) is 29.6 Å². The van der Waals surface area contributed by atoms with Crippen LogP contribution in [0.15, 0.2) is 23.1 Å². The summed E-state index contributed by atoms with van der Waals surface area (Å²) in [5.41, 5.74) is -0.512. The summed E-state index contributed by atoms with van der Waals surface area (Å²) in [6.45, 7) is 5.34. The Bertz CT molecular complexity index is 722. The fourth-order valence-electron chi connectivity index (χ4n) is 1.96. The third kappa shape index (κ3) is 3.28. The van der Waals surface area contributed by atoms with Crippen molar-refractivity contribution in [2.24, 2.45) is 0 Å². The Hall–Kier alpha value is -2.21. The number of halogens is 1. The van der Waals surface area contributed by atoms with Crippen molar-refractivity contribution in [3.63, 3.8) is 0 Å². The minimum Gasteiger partial charge on any atom is -0.477 e. The molecule has 5 nitrogen and oxygen atoms in total. The number of hydrogen-bond donors (Lipinski definition) is 2. The number of pyridine rings is 1. The van der Waals surface area contributed by atoms with Crippen LogP contribution in [0.5, 0.6) is 0 Å². The number of carboxylic acid groups (broad SMARTS) is 1. The number of rotatable bonds is 3. The molecule has 2 rings (SSSR count). The van der Waals surface area contributed by atoms with Crippen LogP contribution in [0.3, 0.4) is 0 Å². The predicted molar refractivity (Wildman–Crippen MR) is 78.3 cm³/mol. The molecule has 114 valence electrons. The summed E-state index contributed by atoms with van der Waals surface area (Å²) in [7, 11) is 0. The molecule has 0 bridgehead atoms. The molecule has 1 heterocycles. The highest BCUT2D eigenvalue weighted by Crippen LogP contribution is 2.17. The molecular weight excluding hydrogens is 277 g/mol. The number of hydrogen-bond acceptors (Lipinski definition) is 3. The van der Waals surface area contributed by atoms with Gasteiger partial charge >= 0.3 is 5.97 Å². The van der Waals surface area contributed by atoms with Gasteiger partial charge in [0.1, 0.15) is 11.4 Å². The summed E-state index contributed by atoms with van der Waals surface area (Å²) in [5, 5.41) is 18.1. The van der Waals surface area contributed by atoms with Gasteiger partial charge in [0.05, 0.1) is 12.1 Å². The largest absolute Gasteiger partial charge is 0.477 e. The molecule has 0 radical (unpaired) electrons. The van der Waals surface area contributed by atoms with Gasteiger partial charge in [0.2, 0.25) is 5.43 Å². The Morgan fingerprint density at radius 2 is 1.95 bits per heavy atom. The van der Waals surface area contributed by atoms with Crippen LogP contribution >= 0.6 is 0 Å². The SMILES string of the molecule is CC.Cc1cc2c(=O)c(C(=O)O)cn(CCO)c2cc1F. The second-order valence-corrected chi connectivity index (χ2v) is 4.21. The predicted octanol–water partition coefficient (Wildman–Crippen LogP) is 2.17. The molecule has 0 fully saturated rings. The molecule has 21 heavy (non-hydrogen) atoms. The van der Waals surface area contributed by atoms with E-state index >= 15 is 0 Å². The number of carbonyl (C=O) groups is 1. The zero-order valence-corrected chi connectivity index (χ0v) is 12.2. The lowest BCUT2D eigenvalue weighted by atomic mass is 10.1. The summed E-state index contributed by atoms with van der Waals surface area (Å²) in [6.07, 6.45) is 1.12. The summed E-state index contributed by atoms with van der Waals surface area (Å²) in [6, 6.07) is 2.50. The number of fused-ring (bicyclic) bond motifs is 1. The van der Waals surface area contributed by atoms with E-state index in [0.29, 0.717) is 0 Å². The smallest absolute Gasteiger partial charge is 0.341 e. The van der Waals surface area contributed by atoms with Crippen LogP contribution in [0.1, 0.15) is 29.8 Å². The average molecular weight is 295 g/mol. The fourth-order valence-corrected chi connectivity index (χ4v) is 1.96. The number of carboxylic acids is 1. The standard InChI is InChI=1S/C13H12FNO4.C2H6/c1-7-4-8-11(5-10(7)14)15(2-3-16)6-9(12(8)17)13(18)19;1-2/h4-6,16H,2-3H2,1H3,(H,18,19);1-2H3. The molecule has 1 aromatic carbocycles. The highest BCUT2D eigenvalue weighted by molar-refractivity contribution is 5.92. The van der Waals surface area contributed by atoms with E-state index in [0.717, 1.165) is 6.20 Å². The Labute approximate surface area is 121 Å². The number of nitrogens with zero attached hydrogens (tertiary/aromatic N) is 1. The van der Waals surface area contributed by atoms with Crippen LogP contribution in [0.25, 0.3) is 10.9 Å². The first-order valence-electron chi connectivity index (χ1n) is 6.63. The van der Waals surface area contributed by atoms with E-state index in [1.54, 1.807) is 0 Å². The lowest BCUT2D eigenvalue weighted by Crippen LogP contribution is -2.20. The number of aliphatic hydroxyl groups excluding tert-OH is 1. The van der Waals surface area contributed by atoms with Gasteiger partial charge in [-0.05, 0) is 24.6 Å². The van der Waals surface area contributed by atoms with Crippen LogP contribution in [-0.2, 0) is 6.54 Å². The van der Waals surface area contributed by atoms with Gasteiger partial charge in [-0.25, -0.2) is 9.18 Å². The van der Waals surface area contributed by atoms with Crippen molar-refractivity contribution in [3.05, 3.63) is 45.5 Å². The average Bonchev–Trinajstić information content (AvgIpc) is 2.46. The van der Waals surface area contributed by atoms with Gasteiger partial charge in [-0.15, -0.1) is 0 Å². The van der Waals surface area contributed by atoms with E-state index < -0.39 is 22.8 Å². The van der Waals surface area contributed by atoms with Crippen LogP contribution in [0, 0.1) is 12.7 Å². The zero-order chi connectivity index (χ0) is 16.2. The van der Waals surface area contributed by atoms with Gasteiger partial charge in [0, 0.05) is 18.1 Å². The van der Waals surface area contributed by atoms with E-state index in [1.165, 1.54) is 23.6 Å². The highest BCUT2D eigenvalue weighted by atomic mass is 19.1. The number of aromatic nitrogens is 1. The summed E-state index contributed by atoms with van der Waals surface area (Å²) >= 11 is 0. The Balaban J connectivity index is 0.00000106. The summed E-state index contributed by atoms with van der Waals surface area (Å²) in [5.74, 6) is -1.83. The van der Waals surface area contributed by atoms with Crippen molar-refractivity contribution >= 4 is 16.9 Å². The molecule has 0 saturated carbocycles. The van der Waals surface area contributed by atoms with Gasteiger partial charge in [-0.3, -0.25) is 4.79 Å². The molecule has 0 aliphatic rings. The first-order valence-corrected chi connectivity index (χ1v) is 6.63. The van der Waals surface area contributed by atoms with Crippen molar-refractivity contribution in [2.45, 2.75) is 27.3 Å². The number of aryl methyl sites for hydroxylation is 1. The van der Waals surface area contributed by atoms with Gasteiger partial charge in [-0.1, -0.05) is 13.8 Å². The molecule has 6 heteroatoms. The summed E-state index contributed by atoms with van der Waals surface area (Å²) in [4.78, 5) is 23.0. The van der Waals surface area contributed by atoms with Gasteiger partial charge < -0.3 is 14.8 Å². The Morgan fingerprint density at radius 3 is 2.48 bits per heavy atom. The molecule has 0 saturated heterocycles. The molecule has 1 aromatic heterocycles. The Kier molecular flexibility index (Phi) is 5.60. The van der Waals surface area contributed by atoms with Crippen molar-refractivity contribution in [1.29, 1.82) is 0 Å². The quantitative estimate of drug-likeness (QED) is 0.909. The molecule has 0 spiro atoms. The molecule has 0 aliphatic heterocycles. The zero-order valence-electron chi connectivity index (χ0n) is 12.2. The maximum Gasteiger partial charge on any atom is 0.341 e. The first-order chi connectivity index (χ1) is 9.95. The number of aliphatic hydroxyl groups is 1. The van der Waals surface area contributed by atoms with Gasteiger partial charge in [0.15, 0.2) is 0 Å². The monoisotopic (exact) mass is 295 g/mol. The molecule has 0 atom stereocenters. The van der Waals surface area contributed by atoms with Gasteiger partial charge in [0.25, 0.3) is 0 Å². The molecule has 0 amide bonds. The number of aromatic carboxylic acids is 1. The van der Waals surface area contributed by atoms with E-state index in [1.807, 2.05) is 13.8 Å². The molecule has 0 unspecified atom stereocenters. The molecule has 2 N–H and O–H groups in total. The normalized spacial score (nSPS) is 10.1. The third-order valence-corrected chi connectivity index (χ3v) is 2.93.